The number of nitrogens with two attached hydrogens (primary N) is 1. The van der Waals surface area contributed by atoms with Gasteiger partial charge in [-0.05, 0) is 38.3 Å². The molecule has 1 unspecified atom stereocenters. The first-order valence-electron chi connectivity index (χ1n) is 7.09. The fourth-order valence-corrected chi connectivity index (χ4v) is 1.79. The van der Waals surface area contributed by atoms with Gasteiger partial charge in [0, 0.05) is 6.04 Å². The number of para-hydroxylation sites is 1. The van der Waals surface area contributed by atoms with Crippen molar-refractivity contribution < 1.29 is 19.4 Å². The third kappa shape index (κ3) is 4.63. The molecule has 1 rings (SSSR count). The van der Waals surface area contributed by atoms with E-state index in [2.05, 4.69) is 0 Å². The maximum absolute atomic E-state index is 11.2. The lowest BCUT2D eigenvalue weighted by molar-refractivity contribution is -0.148. The van der Waals surface area contributed by atoms with Crippen molar-refractivity contribution in [2.75, 3.05) is 13.7 Å². The van der Waals surface area contributed by atoms with Crippen LogP contribution < -0.4 is 15.2 Å². The molecule has 0 bridgehead atoms. The number of carboxylic acids is 1. The summed E-state index contributed by atoms with van der Waals surface area (Å²) in [7, 11) is 1.56. The van der Waals surface area contributed by atoms with E-state index in [1.165, 1.54) is 0 Å². The molecule has 0 aliphatic rings. The standard InChI is InChI=1S/C16H25NO4/c1-5-12(17)9-11-7-6-8-13(20-4)14(11)21-10-16(2,3)15(18)19/h6-8,12H,5,9-10,17H2,1-4H3,(H,18,19). The Bertz CT molecular complexity index is 485. The maximum Gasteiger partial charge on any atom is 0.312 e. The van der Waals surface area contributed by atoms with Crippen LogP contribution in [0.4, 0.5) is 0 Å². The summed E-state index contributed by atoms with van der Waals surface area (Å²) in [5.74, 6) is 0.277. The number of carboxylic acid groups (broad SMARTS) is 1. The van der Waals surface area contributed by atoms with Crippen molar-refractivity contribution in [3.63, 3.8) is 0 Å². The van der Waals surface area contributed by atoms with Crippen molar-refractivity contribution >= 4 is 5.97 Å². The van der Waals surface area contributed by atoms with E-state index in [0.29, 0.717) is 17.9 Å². The van der Waals surface area contributed by atoms with Crippen LogP contribution in [0.3, 0.4) is 0 Å². The summed E-state index contributed by atoms with van der Waals surface area (Å²) >= 11 is 0. The lowest BCUT2D eigenvalue weighted by Gasteiger charge is -2.22. The normalized spacial score (nSPS) is 12.8. The minimum Gasteiger partial charge on any atom is -0.493 e. The molecular formula is C16H25NO4. The van der Waals surface area contributed by atoms with Gasteiger partial charge in [0.25, 0.3) is 0 Å². The van der Waals surface area contributed by atoms with Gasteiger partial charge in [0.05, 0.1) is 12.5 Å². The van der Waals surface area contributed by atoms with E-state index in [1.54, 1.807) is 27.0 Å². The molecule has 21 heavy (non-hydrogen) atoms. The number of carbonyl (C=O) groups is 1. The zero-order valence-electron chi connectivity index (χ0n) is 13.2. The highest BCUT2D eigenvalue weighted by Gasteiger charge is 2.29. The summed E-state index contributed by atoms with van der Waals surface area (Å²) in [5.41, 5.74) is 5.97. The molecule has 0 saturated heterocycles. The Morgan fingerprint density at radius 2 is 2.10 bits per heavy atom. The van der Waals surface area contributed by atoms with Crippen molar-refractivity contribution in [2.45, 2.75) is 39.7 Å². The van der Waals surface area contributed by atoms with Crippen LogP contribution in [-0.2, 0) is 11.2 Å². The van der Waals surface area contributed by atoms with Crippen LogP contribution >= 0.6 is 0 Å². The van der Waals surface area contributed by atoms with Gasteiger partial charge in [-0.3, -0.25) is 4.79 Å². The zero-order valence-corrected chi connectivity index (χ0v) is 13.2. The highest BCUT2D eigenvalue weighted by molar-refractivity contribution is 5.73. The minimum absolute atomic E-state index is 0.0342. The molecule has 0 aliphatic heterocycles. The summed E-state index contributed by atoms with van der Waals surface area (Å²) in [5, 5.41) is 9.17. The largest absolute Gasteiger partial charge is 0.493 e. The number of hydrogen-bond donors (Lipinski definition) is 2. The molecule has 0 aliphatic carbocycles. The second kappa shape index (κ2) is 7.31. The monoisotopic (exact) mass is 295 g/mol. The van der Waals surface area contributed by atoms with Gasteiger partial charge >= 0.3 is 5.97 Å². The number of rotatable bonds is 8. The summed E-state index contributed by atoms with van der Waals surface area (Å²) in [6.07, 6.45) is 1.52. The zero-order chi connectivity index (χ0) is 16.0. The number of ether oxygens (including phenoxy) is 2. The van der Waals surface area contributed by atoms with E-state index in [1.807, 2.05) is 19.1 Å². The minimum atomic E-state index is -0.967. The average molecular weight is 295 g/mol. The van der Waals surface area contributed by atoms with Gasteiger partial charge in [0.15, 0.2) is 11.5 Å². The summed E-state index contributed by atoms with van der Waals surface area (Å²) in [6.45, 7) is 5.35. The first kappa shape index (κ1) is 17.3. The van der Waals surface area contributed by atoms with Crippen LogP contribution in [-0.4, -0.2) is 30.8 Å². The summed E-state index contributed by atoms with van der Waals surface area (Å²) < 4.78 is 11.1. The van der Waals surface area contributed by atoms with Crippen molar-refractivity contribution in [2.24, 2.45) is 11.1 Å². The fraction of sp³-hybridized carbons (Fsp3) is 0.562. The number of aliphatic carboxylic acids is 1. The van der Waals surface area contributed by atoms with Crippen LogP contribution in [0.15, 0.2) is 18.2 Å². The van der Waals surface area contributed by atoms with E-state index < -0.39 is 11.4 Å². The summed E-state index contributed by atoms with van der Waals surface area (Å²) in [6, 6.07) is 5.64. The van der Waals surface area contributed by atoms with E-state index in [9.17, 15) is 4.79 Å². The SMILES string of the molecule is CCC(N)Cc1cccc(OC)c1OCC(C)(C)C(=O)O. The number of methoxy groups -OCH3 is 1. The molecule has 0 amide bonds. The highest BCUT2D eigenvalue weighted by atomic mass is 16.5. The molecule has 3 N–H and O–H groups in total. The first-order chi connectivity index (χ1) is 9.81. The Morgan fingerprint density at radius 3 is 2.62 bits per heavy atom. The highest BCUT2D eigenvalue weighted by Crippen LogP contribution is 2.33. The van der Waals surface area contributed by atoms with Gasteiger partial charge in [-0.25, -0.2) is 0 Å². The molecule has 0 fully saturated rings. The van der Waals surface area contributed by atoms with Gasteiger partial charge in [-0.2, -0.15) is 0 Å². The second-order valence-electron chi connectivity index (χ2n) is 5.80. The molecule has 118 valence electrons. The molecule has 1 aromatic rings. The van der Waals surface area contributed by atoms with Gasteiger partial charge in [-0.1, -0.05) is 19.1 Å². The Balaban J connectivity index is 2.99. The van der Waals surface area contributed by atoms with Gasteiger partial charge < -0.3 is 20.3 Å². The van der Waals surface area contributed by atoms with Gasteiger partial charge in [-0.15, -0.1) is 0 Å². The maximum atomic E-state index is 11.2. The first-order valence-corrected chi connectivity index (χ1v) is 7.09. The molecule has 0 aromatic heterocycles. The smallest absolute Gasteiger partial charge is 0.312 e. The van der Waals surface area contributed by atoms with E-state index >= 15 is 0 Å². The predicted molar refractivity (Wildman–Crippen MR) is 81.9 cm³/mol. The third-order valence-electron chi connectivity index (χ3n) is 3.44. The van der Waals surface area contributed by atoms with Gasteiger partial charge in [0.2, 0.25) is 0 Å². The topological polar surface area (TPSA) is 81.8 Å². The van der Waals surface area contributed by atoms with E-state index in [4.69, 9.17) is 20.3 Å². The molecule has 0 saturated carbocycles. The van der Waals surface area contributed by atoms with E-state index in [-0.39, 0.29) is 12.6 Å². The van der Waals surface area contributed by atoms with Crippen LogP contribution in [0.5, 0.6) is 11.5 Å². The van der Waals surface area contributed by atoms with Crippen molar-refractivity contribution in [1.29, 1.82) is 0 Å². The average Bonchev–Trinajstić information content (AvgIpc) is 2.45. The Labute approximate surface area is 126 Å². The Hall–Kier alpha value is -1.75. The molecule has 1 atom stereocenters. The lowest BCUT2D eigenvalue weighted by atomic mass is 9.95. The Kier molecular flexibility index (Phi) is 6.03. The molecule has 5 heteroatoms. The summed E-state index contributed by atoms with van der Waals surface area (Å²) in [4.78, 5) is 11.2. The third-order valence-corrected chi connectivity index (χ3v) is 3.44. The molecule has 5 nitrogen and oxygen atoms in total. The number of benzene rings is 1. The molecule has 0 radical (unpaired) electrons. The molecular weight excluding hydrogens is 270 g/mol. The van der Waals surface area contributed by atoms with E-state index in [0.717, 1.165) is 12.0 Å². The van der Waals surface area contributed by atoms with Crippen LogP contribution in [0, 0.1) is 5.41 Å². The van der Waals surface area contributed by atoms with Crippen molar-refractivity contribution in [1.82, 2.24) is 0 Å². The van der Waals surface area contributed by atoms with Crippen LogP contribution in [0.25, 0.3) is 0 Å². The predicted octanol–water partition coefficient (Wildman–Crippen LogP) is 2.46. The molecule has 0 heterocycles. The van der Waals surface area contributed by atoms with Gasteiger partial charge in [0.1, 0.15) is 6.61 Å². The van der Waals surface area contributed by atoms with Crippen molar-refractivity contribution in [3.05, 3.63) is 23.8 Å². The molecule has 1 aromatic carbocycles. The van der Waals surface area contributed by atoms with Crippen molar-refractivity contribution in [3.8, 4) is 11.5 Å². The number of hydrogen-bond acceptors (Lipinski definition) is 4. The second-order valence-corrected chi connectivity index (χ2v) is 5.80. The Morgan fingerprint density at radius 1 is 1.43 bits per heavy atom. The van der Waals surface area contributed by atoms with Crippen LogP contribution in [0.1, 0.15) is 32.8 Å². The molecule has 0 spiro atoms. The lowest BCUT2D eigenvalue weighted by Crippen LogP contribution is -2.31. The quantitative estimate of drug-likeness (QED) is 0.770. The van der Waals surface area contributed by atoms with Crippen LogP contribution in [0.2, 0.25) is 0 Å². The fourth-order valence-electron chi connectivity index (χ4n) is 1.79.